The first kappa shape index (κ1) is 12.0. The molecule has 0 aromatic heterocycles. The Morgan fingerprint density at radius 1 is 1.21 bits per heavy atom. The van der Waals surface area contributed by atoms with E-state index < -0.39 is 0 Å². The van der Waals surface area contributed by atoms with Gasteiger partial charge in [-0.2, -0.15) is 0 Å². The molecule has 0 fully saturated rings. The predicted molar refractivity (Wildman–Crippen MR) is 68.6 cm³/mol. The maximum atomic E-state index is 4.32. The molecule has 0 N–H and O–H groups in total. The van der Waals surface area contributed by atoms with Gasteiger partial charge in [0.1, 0.15) is 0 Å². The first-order valence-corrected chi connectivity index (χ1v) is 6.68. The number of thiol groups is 1. The second-order valence-corrected chi connectivity index (χ2v) is 5.09. The Morgan fingerprint density at radius 2 is 2.07 bits per heavy atom. The van der Waals surface area contributed by atoms with E-state index in [0.29, 0.717) is 0 Å². The zero-order chi connectivity index (χ0) is 10.2. The van der Waals surface area contributed by atoms with Crippen LogP contribution >= 0.6 is 24.4 Å². The molecule has 0 aliphatic heterocycles. The maximum Gasteiger partial charge on any atom is 0.00829 e. The molecule has 1 rings (SSSR count). The van der Waals surface area contributed by atoms with Gasteiger partial charge in [0, 0.05) is 9.79 Å². The van der Waals surface area contributed by atoms with Crippen molar-refractivity contribution in [3.63, 3.8) is 0 Å². The minimum atomic E-state index is 1.06. The second-order valence-electron chi connectivity index (χ2n) is 3.41. The highest BCUT2D eigenvalue weighted by molar-refractivity contribution is 7.99. The normalized spacial score (nSPS) is 10.4. The Kier molecular flexibility index (Phi) is 6.20. The molecule has 0 aliphatic carbocycles. The van der Waals surface area contributed by atoms with Crippen LogP contribution in [-0.4, -0.2) is 5.75 Å². The van der Waals surface area contributed by atoms with E-state index in [1.165, 1.54) is 36.3 Å². The molecule has 2 heteroatoms. The van der Waals surface area contributed by atoms with Crippen LogP contribution in [0.4, 0.5) is 0 Å². The molecule has 0 nitrogen and oxygen atoms in total. The highest BCUT2D eigenvalue weighted by Gasteiger charge is 1.94. The Morgan fingerprint density at radius 3 is 2.79 bits per heavy atom. The van der Waals surface area contributed by atoms with Crippen LogP contribution < -0.4 is 0 Å². The summed E-state index contributed by atoms with van der Waals surface area (Å²) in [5, 5.41) is 0. The van der Waals surface area contributed by atoms with Crippen LogP contribution in [0.1, 0.15) is 32.6 Å². The Bertz CT molecular complexity index is 258. The van der Waals surface area contributed by atoms with Crippen molar-refractivity contribution in [1.82, 2.24) is 0 Å². The fraction of sp³-hybridized carbons (Fsp3) is 0.500. The fourth-order valence-electron chi connectivity index (χ4n) is 1.29. The van der Waals surface area contributed by atoms with E-state index in [9.17, 15) is 0 Å². The van der Waals surface area contributed by atoms with E-state index in [1.807, 2.05) is 17.8 Å². The second kappa shape index (κ2) is 7.24. The number of hydrogen-bond donors (Lipinski definition) is 1. The molecule has 0 saturated heterocycles. The standard InChI is InChI=1S/C12H18S2/c1-2-3-4-5-9-14-12-8-6-7-11(13)10-12/h6-8,10,13H,2-5,9H2,1H3. The van der Waals surface area contributed by atoms with E-state index in [2.05, 4.69) is 37.8 Å². The fourth-order valence-corrected chi connectivity index (χ4v) is 2.57. The molecule has 0 unspecified atom stereocenters. The van der Waals surface area contributed by atoms with Crippen LogP contribution in [0.3, 0.4) is 0 Å². The summed E-state index contributed by atoms with van der Waals surface area (Å²) >= 11 is 6.26. The van der Waals surface area contributed by atoms with E-state index in [1.54, 1.807) is 0 Å². The average molecular weight is 226 g/mol. The molecule has 78 valence electrons. The first-order chi connectivity index (χ1) is 6.83. The third-order valence-electron chi connectivity index (χ3n) is 2.08. The first-order valence-electron chi connectivity index (χ1n) is 5.24. The summed E-state index contributed by atoms with van der Waals surface area (Å²) in [5.41, 5.74) is 0. The van der Waals surface area contributed by atoms with Crippen LogP contribution in [0.25, 0.3) is 0 Å². The van der Waals surface area contributed by atoms with Crippen molar-refractivity contribution in [2.24, 2.45) is 0 Å². The van der Waals surface area contributed by atoms with Crippen LogP contribution in [0.5, 0.6) is 0 Å². The van der Waals surface area contributed by atoms with Crippen molar-refractivity contribution in [2.75, 3.05) is 5.75 Å². The van der Waals surface area contributed by atoms with Crippen molar-refractivity contribution in [3.8, 4) is 0 Å². The maximum absolute atomic E-state index is 4.32. The van der Waals surface area contributed by atoms with Gasteiger partial charge in [0.05, 0.1) is 0 Å². The van der Waals surface area contributed by atoms with E-state index in [0.717, 1.165) is 4.90 Å². The number of unbranched alkanes of at least 4 members (excludes halogenated alkanes) is 3. The highest BCUT2D eigenvalue weighted by atomic mass is 32.2. The lowest BCUT2D eigenvalue weighted by Gasteiger charge is -2.01. The summed E-state index contributed by atoms with van der Waals surface area (Å²) in [6.07, 6.45) is 5.38. The molecular weight excluding hydrogens is 208 g/mol. The van der Waals surface area contributed by atoms with Crippen molar-refractivity contribution in [3.05, 3.63) is 24.3 Å². The Balaban J connectivity index is 2.18. The van der Waals surface area contributed by atoms with Crippen LogP contribution in [-0.2, 0) is 0 Å². The molecule has 1 aromatic carbocycles. The third-order valence-corrected chi connectivity index (χ3v) is 3.44. The van der Waals surface area contributed by atoms with Crippen LogP contribution in [0.15, 0.2) is 34.1 Å². The quantitative estimate of drug-likeness (QED) is 0.418. The molecule has 0 radical (unpaired) electrons. The number of rotatable bonds is 6. The van der Waals surface area contributed by atoms with Gasteiger partial charge in [0.25, 0.3) is 0 Å². The molecule has 14 heavy (non-hydrogen) atoms. The molecule has 0 spiro atoms. The summed E-state index contributed by atoms with van der Waals surface area (Å²) in [6.45, 7) is 2.25. The average Bonchev–Trinajstić information content (AvgIpc) is 2.18. The summed E-state index contributed by atoms with van der Waals surface area (Å²) < 4.78 is 0. The molecule has 0 aliphatic rings. The molecule has 0 heterocycles. The monoisotopic (exact) mass is 226 g/mol. The number of hydrogen-bond acceptors (Lipinski definition) is 2. The third kappa shape index (κ3) is 4.97. The van der Waals surface area contributed by atoms with Gasteiger partial charge >= 0.3 is 0 Å². The van der Waals surface area contributed by atoms with Crippen LogP contribution in [0, 0.1) is 0 Å². The zero-order valence-electron chi connectivity index (χ0n) is 8.70. The van der Waals surface area contributed by atoms with Gasteiger partial charge in [-0.1, -0.05) is 32.3 Å². The van der Waals surface area contributed by atoms with Crippen LogP contribution in [0.2, 0.25) is 0 Å². The predicted octanol–water partition coefficient (Wildman–Crippen LogP) is 4.65. The van der Waals surface area contributed by atoms with Crippen molar-refractivity contribution < 1.29 is 0 Å². The minimum absolute atomic E-state index is 1.06. The molecule has 0 saturated carbocycles. The Hall–Kier alpha value is -0.0800. The smallest absolute Gasteiger partial charge is 0.00829 e. The zero-order valence-corrected chi connectivity index (χ0v) is 10.4. The molecule has 0 bridgehead atoms. The molecule has 0 atom stereocenters. The molecule has 1 aromatic rings. The van der Waals surface area contributed by atoms with Crippen molar-refractivity contribution in [2.45, 2.75) is 42.4 Å². The number of thioether (sulfide) groups is 1. The van der Waals surface area contributed by atoms with E-state index in [-0.39, 0.29) is 0 Å². The van der Waals surface area contributed by atoms with Gasteiger partial charge in [-0.25, -0.2) is 0 Å². The summed E-state index contributed by atoms with van der Waals surface area (Å²) in [4.78, 5) is 2.40. The largest absolute Gasteiger partial charge is 0.143 e. The van der Waals surface area contributed by atoms with Gasteiger partial charge in [-0.15, -0.1) is 24.4 Å². The summed E-state index contributed by atoms with van der Waals surface area (Å²) in [7, 11) is 0. The molecule has 0 amide bonds. The Labute approximate surface area is 96.9 Å². The minimum Gasteiger partial charge on any atom is -0.143 e. The van der Waals surface area contributed by atoms with Gasteiger partial charge in [0.15, 0.2) is 0 Å². The molecular formula is C12H18S2. The van der Waals surface area contributed by atoms with Gasteiger partial charge in [-0.05, 0) is 30.4 Å². The lowest BCUT2D eigenvalue weighted by atomic mass is 10.2. The topological polar surface area (TPSA) is 0 Å². The van der Waals surface area contributed by atoms with Gasteiger partial charge < -0.3 is 0 Å². The summed E-state index contributed by atoms with van der Waals surface area (Å²) in [6, 6.07) is 8.37. The summed E-state index contributed by atoms with van der Waals surface area (Å²) in [5.74, 6) is 1.23. The van der Waals surface area contributed by atoms with Gasteiger partial charge in [0.2, 0.25) is 0 Å². The van der Waals surface area contributed by atoms with E-state index in [4.69, 9.17) is 0 Å². The van der Waals surface area contributed by atoms with E-state index >= 15 is 0 Å². The number of benzene rings is 1. The lowest BCUT2D eigenvalue weighted by molar-refractivity contribution is 0.706. The SMILES string of the molecule is CCCCCCSc1cccc(S)c1. The van der Waals surface area contributed by atoms with Crippen molar-refractivity contribution >= 4 is 24.4 Å². The lowest BCUT2D eigenvalue weighted by Crippen LogP contribution is -1.81. The van der Waals surface area contributed by atoms with Crippen molar-refractivity contribution in [1.29, 1.82) is 0 Å². The highest BCUT2D eigenvalue weighted by Crippen LogP contribution is 2.22. The van der Waals surface area contributed by atoms with Gasteiger partial charge in [-0.3, -0.25) is 0 Å².